The van der Waals surface area contributed by atoms with Gasteiger partial charge in [0.2, 0.25) is 0 Å². The number of alkyl halides is 1. The molecule has 5 heteroatoms. The monoisotopic (exact) mass is 319 g/mol. The Morgan fingerprint density at radius 1 is 1.29 bits per heavy atom. The van der Waals surface area contributed by atoms with Crippen LogP contribution in [0, 0.1) is 0 Å². The molecule has 0 aliphatic carbocycles. The topological polar surface area (TPSA) is 20.5 Å². The van der Waals surface area contributed by atoms with E-state index >= 15 is 0 Å². The van der Waals surface area contributed by atoms with Crippen LogP contribution in [0.2, 0.25) is 0 Å². The summed E-state index contributed by atoms with van der Waals surface area (Å²) >= 11 is 7.97. The Balaban J connectivity index is 2.06. The van der Waals surface area contributed by atoms with Crippen LogP contribution < -0.4 is 4.90 Å². The summed E-state index contributed by atoms with van der Waals surface area (Å²) in [6, 6.07) is 10.6. The number of hydrogen-bond donors (Lipinski definition) is 0. The van der Waals surface area contributed by atoms with E-state index in [9.17, 15) is 0 Å². The van der Waals surface area contributed by atoms with E-state index < -0.39 is 0 Å². The first kappa shape index (κ1) is 14.4. The molecule has 3 aromatic heterocycles. The number of fused-ring (bicyclic) bond motifs is 1. The zero-order valence-electron chi connectivity index (χ0n) is 12.2. The summed E-state index contributed by atoms with van der Waals surface area (Å²) in [5.74, 6) is 1.44. The molecule has 0 aliphatic heterocycles. The SMILES string of the molecule is CC(C)N(Cc1cccs1)c1nc2ccccn2c1CCl. The Labute approximate surface area is 133 Å². The zero-order valence-corrected chi connectivity index (χ0v) is 13.7. The van der Waals surface area contributed by atoms with Crippen molar-refractivity contribution >= 4 is 34.4 Å². The van der Waals surface area contributed by atoms with Crippen LogP contribution in [0.1, 0.15) is 24.4 Å². The van der Waals surface area contributed by atoms with Gasteiger partial charge in [-0.15, -0.1) is 22.9 Å². The lowest BCUT2D eigenvalue weighted by Crippen LogP contribution is -2.31. The van der Waals surface area contributed by atoms with Crippen LogP contribution in [0.5, 0.6) is 0 Å². The maximum absolute atomic E-state index is 6.20. The zero-order chi connectivity index (χ0) is 14.8. The molecule has 21 heavy (non-hydrogen) atoms. The van der Waals surface area contributed by atoms with Gasteiger partial charge in [-0.2, -0.15) is 0 Å². The van der Waals surface area contributed by atoms with E-state index in [1.54, 1.807) is 11.3 Å². The summed E-state index contributed by atoms with van der Waals surface area (Å²) in [5, 5.41) is 2.11. The molecule has 0 atom stereocenters. The van der Waals surface area contributed by atoms with Gasteiger partial charge >= 0.3 is 0 Å². The maximum atomic E-state index is 6.20. The van der Waals surface area contributed by atoms with Crippen molar-refractivity contribution in [3.8, 4) is 0 Å². The number of rotatable bonds is 5. The summed E-state index contributed by atoms with van der Waals surface area (Å²) in [5.41, 5.74) is 2.00. The van der Waals surface area contributed by atoms with Crippen LogP contribution in [0.3, 0.4) is 0 Å². The molecule has 3 aromatic rings. The molecule has 3 nitrogen and oxygen atoms in total. The summed E-state index contributed by atoms with van der Waals surface area (Å²) in [7, 11) is 0. The van der Waals surface area contributed by atoms with Crippen molar-refractivity contribution in [3.63, 3.8) is 0 Å². The highest BCUT2D eigenvalue weighted by atomic mass is 35.5. The fraction of sp³-hybridized carbons (Fsp3) is 0.312. The first-order valence-corrected chi connectivity index (χ1v) is 8.43. The Kier molecular flexibility index (Phi) is 4.17. The Bertz CT molecular complexity index is 718. The van der Waals surface area contributed by atoms with Crippen LogP contribution in [-0.4, -0.2) is 15.4 Å². The van der Waals surface area contributed by atoms with E-state index in [-0.39, 0.29) is 0 Å². The van der Waals surface area contributed by atoms with Gasteiger partial charge in [-0.3, -0.25) is 0 Å². The van der Waals surface area contributed by atoms with Gasteiger partial charge in [0.15, 0.2) is 5.82 Å². The third-order valence-corrected chi connectivity index (χ3v) is 4.65. The fourth-order valence-electron chi connectivity index (χ4n) is 2.46. The average molecular weight is 320 g/mol. The average Bonchev–Trinajstić information content (AvgIpc) is 3.11. The number of imidazole rings is 1. The first-order chi connectivity index (χ1) is 10.2. The molecule has 0 unspecified atom stereocenters. The molecule has 110 valence electrons. The number of aromatic nitrogens is 2. The number of hydrogen-bond acceptors (Lipinski definition) is 3. The van der Waals surface area contributed by atoms with E-state index in [2.05, 4.69) is 40.7 Å². The Morgan fingerprint density at radius 2 is 2.14 bits per heavy atom. The van der Waals surface area contributed by atoms with Gasteiger partial charge in [-0.05, 0) is 37.4 Å². The predicted octanol–water partition coefficient (Wildman–Crippen LogP) is 4.55. The van der Waals surface area contributed by atoms with Gasteiger partial charge in [0.25, 0.3) is 0 Å². The third-order valence-electron chi connectivity index (χ3n) is 3.54. The summed E-state index contributed by atoms with van der Waals surface area (Å²) < 4.78 is 2.08. The molecular weight excluding hydrogens is 302 g/mol. The van der Waals surface area contributed by atoms with Gasteiger partial charge in [-0.25, -0.2) is 4.98 Å². The summed E-state index contributed by atoms with van der Waals surface area (Å²) in [6.45, 7) is 5.24. The lowest BCUT2D eigenvalue weighted by molar-refractivity contribution is 0.676. The third kappa shape index (κ3) is 2.78. The van der Waals surface area contributed by atoms with Crippen LogP contribution in [0.4, 0.5) is 5.82 Å². The second-order valence-electron chi connectivity index (χ2n) is 5.25. The Morgan fingerprint density at radius 3 is 2.81 bits per heavy atom. The quantitative estimate of drug-likeness (QED) is 0.643. The number of halogens is 1. The van der Waals surface area contributed by atoms with Gasteiger partial charge in [-0.1, -0.05) is 12.1 Å². The molecule has 0 saturated heterocycles. The fourth-order valence-corrected chi connectivity index (χ4v) is 3.41. The van der Waals surface area contributed by atoms with Gasteiger partial charge < -0.3 is 9.30 Å². The van der Waals surface area contributed by atoms with E-state index in [0.717, 1.165) is 23.7 Å². The number of nitrogens with zero attached hydrogens (tertiary/aromatic N) is 3. The molecule has 0 N–H and O–H groups in total. The first-order valence-electron chi connectivity index (χ1n) is 7.01. The van der Waals surface area contributed by atoms with Gasteiger partial charge in [0.05, 0.1) is 18.1 Å². The van der Waals surface area contributed by atoms with Crippen molar-refractivity contribution < 1.29 is 0 Å². The second kappa shape index (κ2) is 6.08. The lowest BCUT2D eigenvalue weighted by Gasteiger charge is -2.27. The standard InChI is InChI=1S/C16H18ClN3S/c1-12(2)20(11-13-6-5-9-21-13)16-14(10-17)19-8-4-3-7-15(19)18-16/h3-9,12H,10-11H2,1-2H3. The highest BCUT2D eigenvalue weighted by Crippen LogP contribution is 2.27. The molecule has 0 aromatic carbocycles. The van der Waals surface area contributed by atoms with Crippen LogP contribution >= 0.6 is 22.9 Å². The molecule has 0 spiro atoms. The maximum Gasteiger partial charge on any atom is 0.152 e. The van der Waals surface area contributed by atoms with E-state index in [1.165, 1.54) is 4.88 Å². The molecule has 0 aliphatic rings. The highest BCUT2D eigenvalue weighted by molar-refractivity contribution is 7.09. The lowest BCUT2D eigenvalue weighted by atomic mass is 10.2. The molecule has 0 amide bonds. The van der Waals surface area contributed by atoms with E-state index in [4.69, 9.17) is 16.6 Å². The van der Waals surface area contributed by atoms with Crippen molar-refractivity contribution in [1.82, 2.24) is 9.38 Å². The molecule has 0 radical (unpaired) electrons. The minimum Gasteiger partial charge on any atom is -0.347 e. The van der Waals surface area contributed by atoms with Crippen LogP contribution in [-0.2, 0) is 12.4 Å². The van der Waals surface area contributed by atoms with E-state index in [0.29, 0.717) is 11.9 Å². The van der Waals surface area contributed by atoms with Crippen LogP contribution in [0.25, 0.3) is 5.65 Å². The Hall–Kier alpha value is -1.52. The highest BCUT2D eigenvalue weighted by Gasteiger charge is 2.20. The van der Waals surface area contributed by atoms with Crippen molar-refractivity contribution in [1.29, 1.82) is 0 Å². The van der Waals surface area contributed by atoms with Gasteiger partial charge in [0.1, 0.15) is 5.65 Å². The summed E-state index contributed by atoms with van der Waals surface area (Å²) in [6.07, 6.45) is 2.02. The number of pyridine rings is 1. The van der Waals surface area contributed by atoms with Crippen LogP contribution in [0.15, 0.2) is 41.9 Å². The minimum atomic E-state index is 0.360. The number of anilines is 1. The molecular formula is C16H18ClN3S. The van der Waals surface area contributed by atoms with Crippen molar-refractivity contribution in [2.24, 2.45) is 0 Å². The largest absolute Gasteiger partial charge is 0.347 e. The van der Waals surface area contributed by atoms with E-state index in [1.807, 2.05) is 24.4 Å². The second-order valence-corrected chi connectivity index (χ2v) is 6.55. The van der Waals surface area contributed by atoms with Crippen molar-refractivity contribution in [2.75, 3.05) is 4.90 Å². The van der Waals surface area contributed by atoms with Crippen molar-refractivity contribution in [3.05, 3.63) is 52.5 Å². The molecule has 3 rings (SSSR count). The molecule has 0 saturated carbocycles. The smallest absolute Gasteiger partial charge is 0.152 e. The number of thiophene rings is 1. The minimum absolute atomic E-state index is 0.360. The molecule has 0 fully saturated rings. The molecule has 0 bridgehead atoms. The normalized spacial score (nSPS) is 11.4. The molecule has 3 heterocycles. The summed E-state index contributed by atoms with van der Waals surface area (Å²) in [4.78, 5) is 8.45. The van der Waals surface area contributed by atoms with Gasteiger partial charge in [0, 0.05) is 17.1 Å². The predicted molar refractivity (Wildman–Crippen MR) is 90.4 cm³/mol. The van der Waals surface area contributed by atoms with Crippen molar-refractivity contribution in [2.45, 2.75) is 32.3 Å².